The molecule has 0 saturated heterocycles. The van der Waals surface area contributed by atoms with Gasteiger partial charge in [-0.2, -0.15) is 0 Å². The van der Waals surface area contributed by atoms with Gasteiger partial charge in [-0.1, -0.05) is 36.4 Å². The SMILES string of the molecule is O=c1cnc2c(ccc3cc(O)c[nH]c32)c1.c1cnc2c(c1)ccc1cccnc12. The van der Waals surface area contributed by atoms with Gasteiger partial charge in [0.05, 0.1) is 28.3 Å². The van der Waals surface area contributed by atoms with E-state index in [9.17, 15) is 9.90 Å². The van der Waals surface area contributed by atoms with Crippen LogP contribution in [0.5, 0.6) is 5.75 Å². The van der Waals surface area contributed by atoms with E-state index < -0.39 is 0 Å². The number of fused-ring (bicyclic) bond motifs is 6. The number of aromatic hydroxyl groups is 1. The molecule has 0 spiro atoms. The Morgan fingerprint density at radius 1 is 0.700 bits per heavy atom. The Morgan fingerprint density at radius 2 is 1.33 bits per heavy atom. The van der Waals surface area contributed by atoms with Crippen LogP contribution in [0.25, 0.3) is 43.6 Å². The molecule has 0 unspecified atom stereocenters. The molecule has 4 aromatic heterocycles. The zero-order valence-corrected chi connectivity index (χ0v) is 15.8. The van der Waals surface area contributed by atoms with Crippen LogP contribution in [0.3, 0.4) is 0 Å². The number of aromatic nitrogens is 4. The highest BCUT2D eigenvalue weighted by Gasteiger charge is 2.03. The van der Waals surface area contributed by atoms with E-state index in [1.165, 1.54) is 12.4 Å². The first-order chi connectivity index (χ1) is 14.7. The smallest absolute Gasteiger partial charge is 0.197 e. The van der Waals surface area contributed by atoms with Crippen LogP contribution in [0.1, 0.15) is 0 Å². The Labute approximate surface area is 170 Å². The molecular weight excluding hydrogens is 376 g/mol. The van der Waals surface area contributed by atoms with Crippen LogP contribution >= 0.6 is 0 Å². The Hall–Kier alpha value is -4.32. The molecule has 0 atom stereocenters. The largest absolute Gasteiger partial charge is 0.506 e. The highest BCUT2D eigenvalue weighted by molar-refractivity contribution is 6.03. The van der Waals surface area contributed by atoms with Crippen molar-refractivity contribution in [2.45, 2.75) is 0 Å². The summed E-state index contributed by atoms with van der Waals surface area (Å²) < 4.78 is 0. The van der Waals surface area contributed by atoms with Gasteiger partial charge in [-0.05, 0) is 24.3 Å². The quantitative estimate of drug-likeness (QED) is 0.370. The van der Waals surface area contributed by atoms with Crippen LogP contribution in [0.15, 0.2) is 90.2 Å². The maximum Gasteiger partial charge on any atom is 0.197 e. The molecule has 0 radical (unpaired) electrons. The molecule has 30 heavy (non-hydrogen) atoms. The molecule has 0 fully saturated rings. The fourth-order valence-corrected chi connectivity index (χ4v) is 3.50. The average molecular weight is 392 g/mol. The van der Waals surface area contributed by atoms with Gasteiger partial charge in [-0.25, -0.2) is 4.98 Å². The van der Waals surface area contributed by atoms with E-state index in [2.05, 4.69) is 44.2 Å². The summed E-state index contributed by atoms with van der Waals surface area (Å²) in [5, 5.41) is 13.3. The summed E-state index contributed by atoms with van der Waals surface area (Å²) in [6.07, 6.45) is 6.39. The third-order valence-electron chi connectivity index (χ3n) is 4.87. The van der Waals surface area contributed by atoms with E-state index in [1.807, 2.05) is 24.3 Å². The maximum atomic E-state index is 11.2. The molecule has 0 amide bonds. The molecule has 144 valence electrons. The summed E-state index contributed by atoms with van der Waals surface area (Å²) in [6, 6.07) is 19.0. The average Bonchev–Trinajstić information content (AvgIpc) is 2.79. The number of hydrogen-bond acceptors (Lipinski definition) is 5. The van der Waals surface area contributed by atoms with Gasteiger partial charge in [-0.3, -0.25) is 14.8 Å². The second-order valence-corrected chi connectivity index (χ2v) is 6.85. The molecule has 6 aromatic rings. The van der Waals surface area contributed by atoms with E-state index in [-0.39, 0.29) is 11.2 Å². The zero-order chi connectivity index (χ0) is 20.5. The molecule has 2 N–H and O–H groups in total. The Kier molecular flexibility index (Phi) is 4.29. The van der Waals surface area contributed by atoms with Crippen molar-refractivity contribution < 1.29 is 5.11 Å². The van der Waals surface area contributed by atoms with Gasteiger partial charge >= 0.3 is 0 Å². The first-order valence-corrected chi connectivity index (χ1v) is 9.38. The van der Waals surface area contributed by atoms with Crippen molar-refractivity contribution in [1.82, 2.24) is 19.9 Å². The first kappa shape index (κ1) is 17.8. The Morgan fingerprint density at radius 3 is 2.03 bits per heavy atom. The lowest BCUT2D eigenvalue weighted by molar-refractivity contribution is 0.474. The molecule has 6 nitrogen and oxygen atoms in total. The van der Waals surface area contributed by atoms with Crippen molar-refractivity contribution in [2.24, 2.45) is 0 Å². The van der Waals surface area contributed by atoms with E-state index in [1.54, 1.807) is 24.5 Å². The highest BCUT2D eigenvalue weighted by Crippen LogP contribution is 2.23. The number of rotatable bonds is 0. The molecule has 0 aliphatic carbocycles. The summed E-state index contributed by atoms with van der Waals surface area (Å²) in [5.41, 5.74) is 3.40. The van der Waals surface area contributed by atoms with Crippen LogP contribution < -0.4 is 5.43 Å². The summed E-state index contributed by atoms with van der Waals surface area (Å²) in [4.78, 5) is 26.9. The van der Waals surface area contributed by atoms with E-state index in [4.69, 9.17) is 0 Å². The fourth-order valence-electron chi connectivity index (χ4n) is 3.50. The lowest BCUT2D eigenvalue weighted by Crippen LogP contribution is -1.98. The van der Waals surface area contributed by atoms with E-state index >= 15 is 0 Å². The molecule has 0 aliphatic rings. The third kappa shape index (κ3) is 3.20. The van der Waals surface area contributed by atoms with Crippen molar-refractivity contribution in [3.63, 3.8) is 0 Å². The van der Waals surface area contributed by atoms with E-state index in [0.29, 0.717) is 0 Å². The van der Waals surface area contributed by atoms with Gasteiger partial charge in [0.15, 0.2) is 5.43 Å². The van der Waals surface area contributed by atoms with Gasteiger partial charge in [0.25, 0.3) is 0 Å². The monoisotopic (exact) mass is 392 g/mol. The minimum atomic E-state index is -0.106. The number of benzene rings is 2. The van der Waals surface area contributed by atoms with Gasteiger partial charge in [0.1, 0.15) is 5.75 Å². The van der Waals surface area contributed by atoms with Gasteiger partial charge in [0.2, 0.25) is 0 Å². The molecule has 0 aliphatic heterocycles. The predicted octanol–water partition coefficient (Wildman–Crippen LogP) is 4.56. The maximum absolute atomic E-state index is 11.2. The van der Waals surface area contributed by atoms with Crippen LogP contribution in [0, 0.1) is 0 Å². The molecule has 2 aromatic carbocycles. The Bertz CT molecular complexity index is 1540. The Balaban J connectivity index is 0.000000130. The number of H-pyrrole nitrogens is 1. The van der Waals surface area contributed by atoms with Crippen molar-refractivity contribution in [3.05, 3.63) is 95.7 Å². The number of aromatic amines is 1. The van der Waals surface area contributed by atoms with Crippen LogP contribution in [-0.4, -0.2) is 25.0 Å². The van der Waals surface area contributed by atoms with Gasteiger partial charge in [-0.15, -0.1) is 0 Å². The lowest BCUT2D eigenvalue weighted by atomic mass is 10.1. The summed E-state index contributed by atoms with van der Waals surface area (Å²) >= 11 is 0. The van der Waals surface area contributed by atoms with Gasteiger partial charge in [0, 0.05) is 40.1 Å². The minimum absolute atomic E-state index is 0.106. The number of pyridine rings is 4. The van der Waals surface area contributed by atoms with Crippen LogP contribution in [-0.2, 0) is 0 Å². The van der Waals surface area contributed by atoms with E-state index in [0.717, 1.165) is 43.6 Å². The molecule has 6 rings (SSSR count). The molecule has 0 saturated carbocycles. The number of hydrogen-bond donors (Lipinski definition) is 2. The normalized spacial score (nSPS) is 10.9. The molecule has 6 heteroatoms. The van der Waals surface area contributed by atoms with Gasteiger partial charge < -0.3 is 10.1 Å². The minimum Gasteiger partial charge on any atom is -0.506 e. The zero-order valence-electron chi connectivity index (χ0n) is 15.8. The summed E-state index contributed by atoms with van der Waals surface area (Å²) in [7, 11) is 0. The van der Waals surface area contributed by atoms with Crippen LogP contribution in [0.2, 0.25) is 0 Å². The highest BCUT2D eigenvalue weighted by atomic mass is 16.3. The van der Waals surface area contributed by atoms with Crippen molar-refractivity contribution in [2.75, 3.05) is 0 Å². The van der Waals surface area contributed by atoms with Crippen LogP contribution in [0.4, 0.5) is 0 Å². The summed E-state index contributed by atoms with van der Waals surface area (Å²) in [6.45, 7) is 0. The molecule has 0 bridgehead atoms. The summed E-state index contributed by atoms with van der Waals surface area (Å²) in [5.74, 6) is 0.173. The van der Waals surface area contributed by atoms with Crippen molar-refractivity contribution in [3.8, 4) is 5.75 Å². The topological polar surface area (TPSA) is 91.8 Å². The first-order valence-electron chi connectivity index (χ1n) is 9.38. The second-order valence-electron chi connectivity index (χ2n) is 6.85. The number of nitrogens with zero attached hydrogens (tertiary/aromatic N) is 3. The van der Waals surface area contributed by atoms with Crippen molar-refractivity contribution >= 4 is 43.6 Å². The molecule has 4 heterocycles. The standard InChI is InChI=1S/C12H8N2O2.C12H8N2/c15-9-3-7-1-2-8-4-10(16)6-14-12(8)11(7)13-5-9;1-3-9-5-6-10-4-2-8-14-12(10)11(9)13-7-1/h1-6,13,15H;1-8H. The second kappa shape index (κ2) is 7.25. The molecular formula is C24H16N4O2. The predicted molar refractivity (Wildman–Crippen MR) is 119 cm³/mol. The fraction of sp³-hybridized carbons (Fsp3) is 0. The number of nitrogens with one attached hydrogen (secondary N) is 1. The van der Waals surface area contributed by atoms with Crippen molar-refractivity contribution in [1.29, 1.82) is 0 Å². The third-order valence-corrected chi connectivity index (χ3v) is 4.87. The lowest BCUT2D eigenvalue weighted by Gasteiger charge is -2.02.